The highest BCUT2D eigenvalue weighted by Gasteiger charge is 2.48. The van der Waals surface area contributed by atoms with E-state index in [4.69, 9.17) is 0 Å². The molecule has 2 atom stereocenters. The van der Waals surface area contributed by atoms with Gasteiger partial charge >= 0.3 is 11.9 Å². The van der Waals surface area contributed by atoms with E-state index in [0.717, 1.165) is 38.5 Å². The van der Waals surface area contributed by atoms with Crippen molar-refractivity contribution in [1.82, 2.24) is 0 Å². The number of thioether (sulfide) groups is 1. The number of carbonyl (C=O) groups is 2. The number of aliphatic hydroxyl groups is 2. The molecule has 6 nitrogen and oxygen atoms in total. The minimum absolute atomic E-state index is 0.0697. The van der Waals surface area contributed by atoms with Crippen LogP contribution in [0.15, 0.2) is 0 Å². The van der Waals surface area contributed by atoms with Crippen molar-refractivity contribution < 1.29 is 30.0 Å². The number of hydrogen-bond acceptors (Lipinski definition) is 5. The van der Waals surface area contributed by atoms with E-state index in [0.29, 0.717) is 24.6 Å². The van der Waals surface area contributed by atoms with Gasteiger partial charge in [-0.1, -0.05) is 205 Å². The first-order valence-corrected chi connectivity index (χ1v) is 20.1. The van der Waals surface area contributed by atoms with Gasteiger partial charge in [-0.3, -0.25) is 0 Å². The van der Waals surface area contributed by atoms with Crippen LogP contribution >= 0.6 is 11.8 Å². The summed E-state index contributed by atoms with van der Waals surface area (Å²) in [6, 6.07) is 0. The maximum Gasteiger partial charge on any atom is 0.346 e. The van der Waals surface area contributed by atoms with Crippen molar-refractivity contribution in [2.45, 2.75) is 229 Å². The lowest BCUT2D eigenvalue weighted by Gasteiger charge is -2.31. The first-order valence-electron chi connectivity index (χ1n) is 19.3. The second-order valence-corrected chi connectivity index (χ2v) is 15.2. The van der Waals surface area contributed by atoms with Crippen molar-refractivity contribution in [2.24, 2.45) is 0 Å². The van der Waals surface area contributed by atoms with Crippen LogP contribution in [-0.4, -0.2) is 42.2 Å². The maximum atomic E-state index is 11.9. The highest BCUT2D eigenvalue weighted by molar-refractivity contribution is 8.03. The summed E-state index contributed by atoms with van der Waals surface area (Å²) in [5.41, 5.74) is 0. The Morgan fingerprint density at radius 2 is 0.556 bits per heavy atom. The minimum Gasteiger partial charge on any atom is -0.478 e. The van der Waals surface area contributed by atoms with Crippen LogP contribution < -0.4 is 0 Å². The van der Waals surface area contributed by atoms with Gasteiger partial charge in [0.05, 0.1) is 0 Å². The molecule has 0 aromatic rings. The van der Waals surface area contributed by atoms with Gasteiger partial charge in [-0.05, 0) is 25.7 Å². The van der Waals surface area contributed by atoms with E-state index in [1.165, 1.54) is 141 Å². The smallest absolute Gasteiger partial charge is 0.346 e. The quantitative estimate of drug-likeness (QED) is 0.0391. The van der Waals surface area contributed by atoms with Crippen molar-refractivity contribution in [3.05, 3.63) is 0 Å². The van der Waals surface area contributed by atoms with Crippen LogP contribution in [0, 0.1) is 0 Å². The summed E-state index contributed by atoms with van der Waals surface area (Å²) >= 11 is 0.296. The molecule has 0 aliphatic rings. The van der Waals surface area contributed by atoms with Crippen LogP contribution in [-0.2, 0) is 9.59 Å². The molecule has 0 heterocycles. The molecule has 268 valence electrons. The zero-order valence-corrected chi connectivity index (χ0v) is 30.5. The molecule has 7 heteroatoms. The lowest BCUT2D eigenvalue weighted by molar-refractivity contribution is -0.152. The Balaban J connectivity index is 4.05. The number of carboxylic acid groups (broad SMARTS) is 2. The van der Waals surface area contributed by atoms with E-state index in [9.17, 15) is 30.0 Å². The van der Waals surface area contributed by atoms with E-state index in [-0.39, 0.29) is 12.8 Å². The summed E-state index contributed by atoms with van der Waals surface area (Å²) in [5.74, 6) is -2.96. The Bertz CT molecular complexity index is 633. The first-order chi connectivity index (χ1) is 21.7. The lowest BCUT2D eigenvalue weighted by atomic mass is 10.0. The van der Waals surface area contributed by atoms with Crippen molar-refractivity contribution in [3.63, 3.8) is 0 Å². The van der Waals surface area contributed by atoms with E-state index >= 15 is 0 Å². The van der Waals surface area contributed by atoms with E-state index in [2.05, 4.69) is 13.8 Å². The molecule has 0 bridgehead atoms. The number of hydrogen-bond donors (Lipinski definition) is 4. The lowest BCUT2D eigenvalue weighted by Crippen LogP contribution is -2.45. The molecule has 0 radical (unpaired) electrons. The zero-order valence-electron chi connectivity index (χ0n) is 29.6. The average molecular weight is 659 g/mol. The second kappa shape index (κ2) is 30.5. The Kier molecular flexibility index (Phi) is 30.0. The monoisotopic (exact) mass is 659 g/mol. The Hall–Kier alpha value is -0.790. The minimum atomic E-state index is -2.31. The van der Waals surface area contributed by atoms with Crippen LogP contribution in [0.1, 0.15) is 219 Å². The van der Waals surface area contributed by atoms with Gasteiger partial charge in [0.15, 0.2) is 0 Å². The number of unbranched alkanes of at least 4 members (excludes halogenated alkanes) is 28. The summed E-state index contributed by atoms with van der Waals surface area (Å²) in [4.78, 5) is 19.3. The fourth-order valence-corrected chi connectivity index (χ4v) is 7.38. The molecule has 0 aliphatic carbocycles. The van der Waals surface area contributed by atoms with Gasteiger partial charge in [0.25, 0.3) is 0 Å². The van der Waals surface area contributed by atoms with Crippen LogP contribution in [0.5, 0.6) is 0 Å². The van der Waals surface area contributed by atoms with Crippen LogP contribution in [0.3, 0.4) is 0 Å². The Morgan fingerprint density at radius 3 is 0.733 bits per heavy atom. The number of rotatable bonds is 36. The number of aliphatic carboxylic acids is 2. The summed E-state index contributed by atoms with van der Waals surface area (Å²) in [6.07, 6.45) is 35.4. The largest absolute Gasteiger partial charge is 0.478 e. The molecule has 4 N–H and O–H groups in total. The first kappa shape index (κ1) is 44.2. The van der Waals surface area contributed by atoms with Crippen molar-refractivity contribution in [3.8, 4) is 0 Å². The molecule has 2 unspecified atom stereocenters. The molecule has 0 aliphatic heterocycles. The van der Waals surface area contributed by atoms with E-state index < -0.39 is 21.8 Å². The van der Waals surface area contributed by atoms with Gasteiger partial charge in [-0.2, -0.15) is 0 Å². The highest BCUT2D eigenvalue weighted by Crippen LogP contribution is 2.41. The summed E-state index contributed by atoms with van der Waals surface area (Å²) in [6.45, 7) is 4.50. The summed E-state index contributed by atoms with van der Waals surface area (Å²) < 4.78 is 0. The number of carboxylic acids is 2. The van der Waals surface area contributed by atoms with Gasteiger partial charge in [0.1, 0.15) is 0 Å². The van der Waals surface area contributed by atoms with Gasteiger partial charge < -0.3 is 20.4 Å². The van der Waals surface area contributed by atoms with Crippen molar-refractivity contribution in [1.29, 1.82) is 0 Å². The van der Waals surface area contributed by atoms with Crippen LogP contribution in [0.4, 0.5) is 0 Å². The SMILES string of the molecule is CCCCCCCCCCCCCCCCCC(O)(SC(O)(CCCCCCCCCCCCCCCCC)C(=O)O)C(=O)O. The highest BCUT2D eigenvalue weighted by atomic mass is 32.2. The third-order valence-corrected chi connectivity index (χ3v) is 10.7. The molecule has 0 aromatic carbocycles. The topological polar surface area (TPSA) is 115 Å². The molecule has 0 fully saturated rings. The predicted octanol–water partition coefficient (Wildman–Crippen LogP) is 11.8. The second-order valence-electron chi connectivity index (χ2n) is 13.7. The zero-order chi connectivity index (χ0) is 33.5. The van der Waals surface area contributed by atoms with E-state index in [1.807, 2.05) is 0 Å². The third-order valence-electron chi connectivity index (χ3n) is 9.24. The molecule has 45 heavy (non-hydrogen) atoms. The van der Waals surface area contributed by atoms with Gasteiger partial charge in [0, 0.05) is 0 Å². The summed E-state index contributed by atoms with van der Waals surface area (Å²) in [5, 5.41) is 41.1. The van der Waals surface area contributed by atoms with Gasteiger partial charge in [-0.25, -0.2) is 9.59 Å². The van der Waals surface area contributed by atoms with Gasteiger partial charge in [0.2, 0.25) is 9.87 Å². The maximum absolute atomic E-state index is 11.9. The third kappa shape index (κ3) is 25.9. The van der Waals surface area contributed by atoms with Crippen molar-refractivity contribution >= 4 is 23.7 Å². The summed E-state index contributed by atoms with van der Waals surface area (Å²) in [7, 11) is 0. The molecule has 0 amide bonds. The molecule has 0 spiro atoms. The predicted molar refractivity (Wildman–Crippen MR) is 192 cm³/mol. The van der Waals surface area contributed by atoms with Crippen molar-refractivity contribution in [2.75, 3.05) is 0 Å². The van der Waals surface area contributed by atoms with Crippen LogP contribution in [0.2, 0.25) is 0 Å². The van der Waals surface area contributed by atoms with Crippen LogP contribution in [0.25, 0.3) is 0 Å². The molecular formula is C38H74O6S. The normalized spacial score (nSPS) is 14.3. The standard InChI is InChI=1S/C38H74O6S/c1-3-5-7-9-11-13-15-17-19-21-23-25-27-29-31-33-37(43,35(39)40)45-38(44,36(41)42)34-32-30-28-26-24-22-20-18-16-14-12-10-8-6-4-2/h43-44H,3-34H2,1-2H3,(H,39,40)(H,41,42). The Morgan fingerprint density at radius 1 is 0.378 bits per heavy atom. The fraction of sp³-hybridized carbons (Fsp3) is 0.947. The van der Waals surface area contributed by atoms with E-state index in [1.54, 1.807) is 0 Å². The molecule has 0 saturated carbocycles. The molecule has 0 aromatic heterocycles. The van der Waals surface area contributed by atoms with Gasteiger partial charge in [-0.15, -0.1) is 0 Å². The Labute approximate surface area is 282 Å². The fourth-order valence-electron chi connectivity index (χ4n) is 6.15. The average Bonchev–Trinajstić information content (AvgIpc) is 3.00. The molecule has 0 saturated heterocycles. The molecule has 0 rings (SSSR count). The molecular weight excluding hydrogens is 584 g/mol.